The molecule has 0 fully saturated rings. The number of fused-ring (bicyclic) bond motifs is 1. The highest BCUT2D eigenvalue weighted by Crippen LogP contribution is 2.39. The molecule has 0 atom stereocenters. The molecule has 8 heteroatoms. The van der Waals surface area contributed by atoms with Gasteiger partial charge in [0.05, 0.1) is 23.7 Å². The lowest BCUT2D eigenvalue weighted by atomic mass is 9.98. The SMILES string of the molecule is O=C(O)COc1cccc2c1OCCN2CCS(=O)(=O)CCc1ccccc1-c1ccccc1. The van der Waals surface area contributed by atoms with Gasteiger partial charge in [0.15, 0.2) is 27.9 Å². The van der Waals surface area contributed by atoms with Crippen LogP contribution in [0, 0.1) is 0 Å². The van der Waals surface area contributed by atoms with E-state index in [-0.39, 0.29) is 11.5 Å². The van der Waals surface area contributed by atoms with Crippen LogP contribution >= 0.6 is 0 Å². The fraction of sp³-hybridized carbons (Fsp3) is 0.269. The summed E-state index contributed by atoms with van der Waals surface area (Å²) in [5.41, 5.74) is 3.84. The number of carbonyl (C=O) groups is 1. The van der Waals surface area contributed by atoms with Gasteiger partial charge in [-0.25, -0.2) is 13.2 Å². The Bertz CT molecular complexity index is 1240. The van der Waals surface area contributed by atoms with Gasteiger partial charge in [0.25, 0.3) is 0 Å². The summed E-state index contributed by atoms with van der Waals surface area (Å²) in [7, 11) is -3.30. The quantitative estimate of drug-likeness (QED) is 0.472. The van der Waals surface area contributed by atoms with Gasteiger partial charge in [-0.05, 0) is 35.2 Å². The van der Waals surface area contributed by atoms with Crippen molar-refractivity contribution in [3.05, 3.63) is 78.4 Å². The van der Waals surface area contributed by atoms with E-state index in [4.69, 9.17) is 14.6 Å². The number of aryl methyl sites for hydroxylation is 1. The Hall–Kier alpha value is -3.52. The van der Waals surface area contributed by atoms with E-state index in [1.165, 1.54) is 0 Å². The second-order valence-electron chi connectivity index (χ2n) is 8.05. The molecule has 0 spiro atoms. The molecule has 0 radical (unpaired) electrons. The molecule has 0 saturated carbocycles. The van der Waals surface area contributed by atoms with Gasteiger partial charge < -0.3 is 19.5 Å². The first kappa shape index (κ1) is 23.6. The number of benzene rings is 3. The molecule has 0 amide bonds. The largest absolute Gasteiger partial charge is 0.486 e. The van der Waals surface area contributed by atoms with Crippen molar-refractivity contribution in [3.8, 4) is 22.6 Å². The molecule has 0 bridgehead atoms. The van der Waals surface area contributed by atoms with Crippen LogP contribution in [-0.4, -0.2) is 57.3 Å². The third kappa shape index (κ3) is 5.88. The summed E-state index contributed by atoms with van der Waals surface area (Å²) in [4.78, 5) is 12.8. The average Bonchev–Trinajstić information content (AvgIpc) is 2.85. The molecule has 34 heavy (non-hydrogen) atoms. The van der Waals surface area contributed by atoms with Crippen molar-refractivity contribution in [1.29, 1.82) is 0 Å². The fourth-order valence-electron chi connectivity index (χ4n) is 4.02. The Balaban J connectivity index is 1.41. The molecule has 1 N–H and O–H groups in total. The predicted molar refractivity (Wildman–Crippen MR) is 132 cm³/mol. The second-order valence-corrected chi connectivity index (χ2v) is 10.4. The number of hydrogen-bond donors (Lipinski definition) is 1. The molecule has 0 saturated heterocycles. The third-order valence-electron chi connectivity index (χ3n) is 5.71. The Labute approximate surface area is 199 Å². The minimum atomic E-state index is -3.30. The lowest BCUT2D eigenvalue weighted by molar-refractivity contribution is -0.139. The van der Waals surface area contributed by atoms with Gasteiger partial charge in [0, 0.05) is 6.54 Å². The molecular weight excluding hydrogens is 454 g/mol. The molecule has 1 aliphatic heterocycles. The zero-order valence-electron chi connectivity index (χ0n) is 18.7. The van der Waals surface area contributed by atoms with Gasteiger partial charge in [-0.1, -0.05) is 60.7 Å². The number of sulfone groups is 1. The summed E-state index contributed by atoms with van der Waals surface area (Å²) in [6, 6.07) is 23.1. The number of para-hydroxylation sites is 1. The van der Waals surface area contributed by atoms with E-state index < -0.39 is 22.4 Å². The lowest BCUT2D eigenvalue weighted by Crippen LogP contribution is -2.37. The number of carboxylic acid groups (broad SMARTS) is 1. The second kappa shape index (κ2) is 10.6. The molecule has 0 aliphatic carbocycles. The summed E-state index contributed by atoms with van der Waals surface area (Å²) in [5.74, 6) is -0.213. The number of nitrogens with zero attached hydrogens (tertiary/aromatic N) is 1. The summed E-state index contributed by atoms with van der Waals surface area (Å²) >= 11 is 0. The molecule has 4 rings (SSSR count). The topological polar surface area (TPSA) is 93.1 Å². The first-order chi connectivity index (χ1) is 16.4. The molecule has 3 aromatic carbocycles. The summed E-state index contributed by atoms with van der Waals surface area (Å²) in [6.07, 6.45) is 0.445. The van der Waals surface area contributed by atoms with E-state index >= 15 is 0 Å². The summed E-state index contributed by atoms with van der Waals surface area (Å²) in [5, 5.41) is 8.88. The van der Waals surface area contributed by atoms with E-state index in [2.05, 4.69) is 0 Å². The Morgan fingerprint density at radius 3 is 2.53 bits per heavy atom. The van der Waals surface area contributed by atoms with Crippen molar-refractivity contribution in [3.63, 3.8) is 0 Å². The van der Waals surface area contributed by atoms with Crippen molar-refractivity contribution in [1.82, 2.24) is 0 Å². The van der Waals surface area contributed by atoms with Crippen molar-refractivity contribution >= 4 is 21.5 Å². The zero-order valence-corrected chi connectivity index (χ0v) is 19.5. The molecule has 0 aromatic heterocycles. The highest BCUT2D eigenvalue weighted by Gasteiger charge is 2.24. The van der Waals surface area contributed by atoms with Crippen LogP contribution in [-0.2, 0) is 21.1 Å². The molecule has 1 heterocycles. The van der Waals surface area contributed by atoms with Crippen LogP contribution in [0.4, 0.5) is 5.69 Å². The summed E-state index contributed by atoms with van der Waals surface area (Å²) < 4.78 is 36.8. The van der Waals surface area contributed by atoms with Crippen LogP contribution in [0.15, 0.2) is 72.8 Å². The number of anilines is 1. The monoisotopic (exact) mass is 481 g/mol. The van der Waals surface area contributed by atoms with Gasteiger partial charge in [-0.15, -0.1) is 0 Å². The first-order valence-corrected chi connectivity index (χ1v) is 12.9. The van der Waals surface area contributed by atoms with Gasteiger partial charge >= 0.3 is 5.97 Å². The van der Waals surface area contributed by atoms with E-state index in [0.29, 0.717) is 43.3 Å². The predicted octanol–water partition coefficient (Wildman–Crippen LogP) is 3.67. The maximum Gasteiger partial charge on any atom is 0.341 e. The fourth-order valence-corrected chi connectivity index (χ4v) is 5.25. The van der Waals surface area contributed by atoms with Crippen LogP contribution in [0.3, 0.4) is 0 Å². The standard InChI is InChI=1S/C26H27NO6S/c28-25(29)19-33-24-12-6-11-23-26(24)32-16-14-27(23)15-18-34(30,31)17-13-21-9-4-5-10-22(21)20-7-2-1-3-8-20/h1-12H,13-19H2,(H,28,29). The van der Waals surface area contributed by atoms with E-state index in [1.54, 1.807) is 12.1 Å². The number of carboxylic acids is 1. The molecule has 1 aliphatic rings. The number of hydrogen-bond acceptors (Lipinski definition) is 6. The summed E-state index contributed by atoms with van der Waals surface area (Å²) in [6.45, 7) is 0.757. The molecular formula is C26H27NO6S. The molecule has 178 valence electrons. The maximum absolute atomic E-state index is 12.9. The minimum Gasteiger partial charge on any atom is -0.486 e. The van der Waals surface area contributed by atoms with Crippen LogP contribution in [0.5, 0.6) is 11.5 Å². The van der Waals surface area contributed by atoms with Crippen molar-refractivity contribution in [2.24, 2.45) is 0 Å². The Morgan fingerprint density at radius 1 is 0.971 bits per heavy atom. The van der Waals surface area contributed by atoms with E-state index in [0.717, 1.165) is 16.7 Å². The van der Waals surface area contributed by atoms with Gasteiger partial charge in [0.1, 0.15) is 6.61 Å². The van der Waals surface area contributed by atoms with Crippen molar-refractivity contribution < 1.29 is 27.8 Å². The van der Waals surface area contributed by atoms with Crippen LogP contribution in [0.1, 0.15) is 5.56 Å². The zero-order chi connectivity index (χ0) is 24.0. The third-order valence-corrected chi connectivity index (χ3v) is 7.35. The number of ether oxygens (including phenoxy) is 2. The van der Waals surface area contributed by atoms with Gasteiger partial charge in [0.2, 0.25) is 0 Å². The Morgan fingerprint density at radius 2 is 1.74 bits per heavy atom. The van der Waals surface area contributed by atoms with E-state index in [9.17, 15) is 13.2 Å². The van der Waals surface area contributed by atoms with E-state index in [1.807, 2.05) is 65.6 Å². The van der Waals surface area contributed by atoms with Crippen LogP contribution < -0.4 is 14.4 Å². The lowest BCUT2D eigenvalue weighted by Gasteiger charge is -2.32. The van der Waals surface area contributed by atoms with Crippen LogP contribution in [0.2, 0.25) is 0 Å². The van der Waals surface area contributed by atoms with Crippen molar-refractivity contribution in [2.75, 3.05) is 42.7 Å². The Kier molecular flexibility index (Phi) is 7.37. The van der Waals surface area contributed by atoms with Gasteiger partial charge in [-0.2, -0.15) is 0 Å². The number of aliphatic carboxylic acids is 1. The van der Waals surface area contributed by atoms with Gasteiger partial charge in [-0.3, -0.25) is 0 Å². The highest BCUT2D eigenvalue weighted by atomic mass is 32.2. The number of rotatable bonds is 10. The minimum absolute atomic E-state index is 0.0140. The molecule has 3 aromatic rings. The van der Waals surface area contributed by atoms with Crippen molar-refractivity contribution in [2.45, 2.75) is 6.42 Å². The highest BCUT2D eigenvalue weighted by molar-refractivity contribution is 7.91. The van der Waals surface area contributed by atoms with Crippen LogP contribution in [0.25, 0.3) is 11.1 Å². The average molecular weight is 482 g/mol. The maximum atomic E-state index is 12.9. The smallest absolute Gasteiger partial charge is 0.341 e. The normalized spacial score (nSPS) is 13.1. The molecule has 0 unspecified atom stereocenters. The molecule has 7 nitrogen and oxygen atoms in total. The first-order valence-electron chi connectivity index (χ1n) is 11.1.